The fourth-order valence-electron chi connectivity index (χ4n) is 2.79. The van der Waals surface area contributed by atoms with Crippen molar-refractivity contribution in [3.63, 3.8) is 0 Å². The van der Waals surface area contributed by atoms with Crippen LogP contribution in [-0.2, 0) is 4.74 Å². The van der Waals surface area contributed by atoms with Crippen LogP contribution in [0.1, 0.15) is 23.2 Å². The summed E-state index contributed by atoms with van der Waals surface area (Å²) in [5.74, 6) is -3.01. The summed E-state index contributed by atoms with van der Waals surface area (Å²) in [5, 5.41) is 8.76. The summed E-state index contributed by atoms with van der Waals surface area (Å²) in [6.07, 6.45) is 1.82. The van der Waals surface area contributed by atoms with Crippen molar-refractivity contribution in [2.75, 3.05) is 18.0 Å². The Kier molecular flexibility index (Phi) is 2.89. The van der Waals surface area contributed by atoms with Gasteiger partial charge >= 0.3 is 5.97 Å². The average molecular weight is 269 g/mol. The number of benzene rings is 1. The molecule has 0 radical (unpaired) electrons. The number of hydrogen-bond acceptors (Lipinski definition) is 3. The Morgan fingerprint density at radius 3 is 2.21 bits per heavy atom. The lowest BCUT2D eigenvalue weighted by Gasteiger charge is -2.34. The van der Waals surface area contributed by atoms with Crippen LogP contribution in [0.4, 0.5) is 14.5 Å². The van der Waals surface area contributed by atoms with E-state index < -0.39 is 17.6 Å². The number of hydrogen-bond donors (Lipinski definition) is 1. The molecule has 2 saturated heterocycles. The largest absolute Gasteiger partial charge is 0.478 e. The molecule has 0 aliphatic carbocycles. The average Bonchev–Trinajstić information content (AvgIpc) is 2.67. The molecule has 1 aromatic rings. The highest BCUT2D eigenvalue weighted by atomic mass is 19.1. The maximum absolute atomic E-state index is 13.9. The van der Waals surface area contributed by atoms with E-state index in [-0.39, 0.29) is 23.5 Å². The second kappa shape index (κ2) is 4.45. The second-order valence-electron chi connectivity index (χ2n) is 4.96. The monoisotopic (exact) mass is 269 g/mol. The smallest absolute Gasteiger partial charge is 0.335 e. The van der Waals surface area contributed by atoms with Gasteiger partial charge in [-0.1, -0.05) is 0 Å². The zero-order valence-electron chi connectivity index (χ0n) is 10.1. The number of carbonyl (C=O) groups is 1. The number of carboxylic acid groups (broad SMARTS) is 1. The molecule has 19 heavy (non-hydrogen) atoms. The molecule has 6 heteroatoms. The van der Waals surface area contributed by atoms with E-state index in [0.29, 0.717) is 13.1 Å². The molecule has 2 bridgehead atoms. The van der Waals surface area contributed by atoms with E-state index in [9.17, 15) is 13.6 Å². The van der Waals surface area contributed by atoms with Crippen LogP contribution < -0.4 is 4.90 Å². The summed E-state index contributed by atoms with van der Waals surface area (Å²) in [5.41, 5.74) is -0.528. The summed E-state index contributed by atoms with van der Waals surface area (Å²) in [6, 6.07) is 1.72. The Morgan fingerprint density at radius 1 is 1.21 bits per heavy atom. The van der Waals surface area contributed by atoms with Crippen molar-refractivity contribution in [3.05, 3.63) is 29.3 Å². The van der Waals surface area contributed by atoms with Gasteiger partial charge in [-0.2, -0.15) is 0 Å². The minimum atomic E-state index is -1.34. The van der Waals surface area contributed by atoms with E-state index >= 15 is 0 Å². The highest BCUT2D eigenvalue weighted by molar-refractivity contribution is 5.88. The van der Waals surface area contributed by atoms with Crippen molar-refractivity contribution in [2.45, 2.75) is 25.0 Å². The van der Waals surface area contributed by atoms with Gasteiger partial charge in [0.25, 0.3) is 0 Å². The third-order valence-electron chi connectivity index (χ3n) is 3.62. The molecule has 0 aromatic heterocycles. The van der Waals surface area contributed by atoms with Gasteiger partial charge in [-0.3, -0.25) is 0 Å². The zero-order chi connectivity index (χ0) is 13.6. The minimum absolute atomic E-state index is 0.0108. The Bertz CT molecular complexity index is 500. The molecular weight excluding hydrogens is 256 g/mol. The molecule has 3 rings (SSSR count). The highest BCUT2D eigenvalue weighted by Gasteiger charge is 2.35. The first-order chi connectivity index (χ1) is 9.04. The van der Waals surface area contributed by atoms with Gasteiger partial charge in [-0.05, 0) is 25.0 Å². The van der Waals surface area contributed by atoms with E-state index in [1.807, 2.05) is 0 Å². The lowest BCUT2D eigenvalue weighted by molar-refractivity contribution is 0.0300. The fourth-order valence-corrected chi connectivity index (χ4v) is 2.79. The molecule has 2 aliphatic heterocycles. The number of fused-ring (bicyclic) bond motifs is 2. The van der Waals surface area contributed by atoms with Gasteiger partial charge < -0.3 is 14.7 Å². The number of carboxylic acids is 1. The van der Waals surface area contributed by atoms with Crippen LogP contribution in [0.15, 0.2) is 12.1 Å². The molecule has 2 aliphatic rings. The standard InChI is InChI=1S/C13H13F2NO3/c14-10-3-7(13(17)18)4-11(15)12(10)16-5-8-1-2-9(6-16)19-8/h3-4,8-9H,1-2,5-6H2,(H,17,18). The number of ether oxygens (including phenoxy) is 1. The SMILES string of the molecule is O=C(O)c1cc(F)c(N2CC3CCC(C2)O3)c(F)c1. The van der Waals surface area contributed by atoms with Crippen LogP contribution in [-0.4, -0.2) is 36.4 Å². The molecule has 1 N–H and O–H groups in total. The number of morpholine rings is 1. The van der Waals surface area contributed by atoms with Gasteiger partial charge in [0.15, 0.2) is 0 Å². The van der Waals surface area contributed by atoms with Crippen LogP contribution >= 0.6 is 0 Å². The van der Waals surface area contributed by atoms with Crippen LogP contribution in [0.3, 0.4) is 0 Å². The van der Waals surface area contributed by atoms with Crippen molar-refractivity contribution >= 4 is 11.7 Å². The maximum atomic E-state index is 13.9. The second-order valence-corrected chi connectivity index (χ2v) is 4.96. The molecule has 4 nitrogen and oxygen atoms in total. The van der Waals surface area contributed by atoms with E-state index in [1.54, 1.807) is 4.90 Å². The van der Waals surface area contributed by atoms with E-state index in [4.69, 9.17) is 9.84 Å². The predicted octanol–water partition coefficient (Wildman–Crippen LogP) is 2.03. The topological polar surface area (TPSA) is 49.8 Å². The summed E-state index contributed by atoms with van der Waals surface area (Å²) >= 11 is 0. The predicted molar refractivity (Wildman–Crippen MR) is 63.4 cm³/mol. The molecule has 102 valence electrons. The molecule has 2 heterocycles. The first kappa shape index (κ1) is 12.3. The first-order valence-corrected chi connectivity index (χ1v) is 6.17. The van der Waals surface area contributed by atoms with Gasteiger partial charge in [0.2, 0.25) is 0 Å². The lowest BCUT2D eigenvalue weighted by Crippen LogP contribution is -2.43. The van der Waals surface area contributed by atoms with Crippen LogP contribution in [0, 0.1) is 11.6 Å². The molecule has 2 unspecified atom stereocenters. The third kappa shape index (κ3) is 2.16. The summed E-state index contributed by atoms with van der Waals surface area (Å²) in [4.78, 5) is 12.4. The van der Waals surface area contributed by atoms with Crippen LogP contribution in [0.5, 0.6) is 0 Å². The van der Waals surface area contributed by atoms with Gasteiger partial charge in [0.1, 0.15) is 17.3 Å². The fraction of sp³-hybridized carbons (Fsp3) is 0.462. The molecule has 2 fully saturated rings. The zero-order valence-corrected chi connectivity index (χ0v) is 10.1. The van der Waals surface area contributed by atoms with Gasteiger partial charge in [-0.25, -0.2) is 13.6 Å². The van der Waals surface area contributed by atoms with E-state index in [2.05, 4.69) is 0 Å². The molecule has 0 amide bonds. The van der Waals surface area contributed by atoms with Crippen molar-refractivity contribution in [1.82, 2.24) is 0 Å². The van der Waals surface area contributed by atoms with E-state index in [1.165, 1.54) is 0 Å². The normalized spacial score (nSPS) is 25.7. The van der Waals surface area contributed by atoms with Crippen molar-refractivity contribution < 1.29 is 23.4 Å². The third-order valence-corrected chi connectivity index (χ3v) is 3.62. The minimum Gasteiger partial charge on any atom is -0.478 e. The summed E-state index contributed by atoms with van der Waals surface area (Å²) < 4.78 is 33.5. The van der Waals surface area contributed by atoms with Crippen LogP contribution in [0.25, 0.3) is 0 Å². The number of rotatable bonds is 2. The van der Waals surface area contributed by atoms with Crippen LogP contribution in [0.2, 0.25) is 0 Å². The molecule has 2 atom stereocenters. The van der Waals surface area contributed by atoms with Crippen molar-refractivity contribution in [3.8, 4) is 0 Å². The number of nitrogens with zero attached hydrogens (tertiary/aromatic N) is 1. The number of anilines is 1. The quantitative estimate of drug-likeness (QED) is 0.892. The van der Waals surface area contributed by atoms with Crippen molar-refractivity contribution in [1.29, 1.82) is 0 Å². The summed E-state index contributed by atoms with van der Waals surface area (Å²) in [6.45, 7) is 0.882. The lowest BCUT2D eigenvalue weighted by atomic mass is 10.1. The molecule has 0 spiro atoms. The maximum Gasteiger partial charge on any atom is 0.335 e. The first-order valence-electron chi connectivity index (χ1n) is 6.17. The Hall–Kier alpha value is -1.69. The van der Waals surface area contributed by atoms with Crippen molar-refractivity contribution in [2.24, 2.45) is 0 Å². The Labute approximate surface area is 108 Å². The molecule has 1 aromatic carbocycles. The number of halogens is 2. The summed E-state index contributed by atoms with van der Waals surface area (Å²) in [7, 11) is 0. The molecular formula is C13H13F2NO3. The molecule has 0 saturated carbocycles. The Balaban J connectivity index is 1.94. The van der Waals surface area contributed by atoms with Gasteiger partial charge in [-0.15, -0.1) is 0 Å². The van der Waals surface area contributed by atoms with E-state index in [0.717, 1.165) is 25.0 Å². The highest BCUT2D eigenvalue weighted by Crippen LogP contribution is 2.32. The van der Waals surface area contributed by atoms with Gasteiger partial charge in [0, 0.05) is 13.1 Å². The number of aromatic carboxylic acids is 1. The Morgan fingerprint density at radius 2 is 1.74 bits per heavy atom. The van der Waals surface area contributed by atoms with Gasteiger partial charge in [0.05, 0.1) is 17.8 Å².